The number of aromatic amines is 1. The summed E-state index contributed by atoms with van der Waals surface area (Å²) in [5.74, 6) is -2.02. The zero-order valence-corrected chi connectivity index (χ0v) is 49.7. The molecule has 1 amide bonds. The van der Waals surface area contributed by atoms with Crippen LogP contribution in [0.4, 0.5) is 5.95 Å². The molecule has 1 fully saturated rings. The molecule has 4 aromatic rings. The normalized spacial score (nSPS) is 18.0. The van der Waals surface area contributed by atoms with Crippen molar-refractivity contribution in [1.29, 1.82) is 0 Å². The topological polar surface area (TPSA) is 241 Å². The molecule has 1 saturated heterocycles. The maximum absolute atomic E-state index is 13.7. The predicted octanol–water partition coefficient (Wildman–Crippen LogP) is 7.78. The Kier molecular flexibility index (Phi) is 23.0. The monoisotopic (exact) mass is 1120 g/mol. The average molecular weight is 1120 g/mol. The number of ether oxygens (including phenoxy) is 6. The van der Waals surface area contributed by atoms with E-state index >= 15 is 0 Å². The van der Waals surface area contributed by atoms with E-state index in [9.17, 15) is 19.2 Å². The summed E-state index contributed by atoms with van der Waals surface area (Å²) in [7, 11) is -9.93. The first-order valence-electron chi connectivity index (χ1n) is 25.0. The summed E-state index contributed by atoms with van der Waals surface area (Å²) in [5.41, 5.74) is 0.988. The van der Waals surface area contributed by atoms with Gasteiger partial charge in [-0.3, -0.25) is 34.0 Å². The molecule has 1 aliphatic rings. The smallest absolute Gasteiger partial charge is 0.463 e. The molecule has 416 valence electrons. The highest BCUT2D eigenvalue weighted by molar-refractivity contribution is 7.44. The van der Waals surface area contributed by atoms with Gasteiger partial charge in [-0.15, -0.1) is 0 Å². The zero-order valence-electron chi connectivity index (χ0n) is 45.9. The molecule has 75 heavy (non-hydrogen) atoms. The molecule has 3 unspecified atom stereocenters. The summed E-state index contributed by atoms with van der Waals surface area (Å²) in [4.78, 5) is 61.9. The Morgan fingerprint density at radius 2 is 1.33 bits per heavy atom. The van der Waals surface area contributed by atoms with Gasteiger partial charge in [-0.25, -0.2) is 9.65 Å². The number of aromatic nitrogens is 4. The van der Waals surface area contributed by atoms with Crippen molar-refractivity contribution in [2.75, 3.05) is 45.5 Å². The van der Waals surface area contributed by atoms with Gasteiger partial charge in [-0.05, 0) is 78.1 Å². The van der Waals surface area contributed by atoms with E-state index in [2.05, 4.69) is 24.9 Å². The van der Waals surface area contributed by atoms with Crippen molar-refractivity contribution in [3.63, 3.8) is 0 Å². The van der Waals surface area contributed by atoms with Crippen molar-refractivity contribution in [3.05, 3.63) is 88.5 Å². The number of rotatable bonds is 30. The SMILES string of the molecule is COP(OC1C(OC(OCCOC(C)=O)OCCOC(C)=O)[C@H](n2cnc3c(=O)[nH]c(NC(=O)C(C)C)nc32)O[C@@H]1CO[Si](OC(c1ccccc1)c1ccccc1)(O[Si](C)(C)C)O[Si](C)(C)C)N(C(C)C)C(C)C. The average Bonchev–Trinajstić information content (AvgIpc) is 3.89. The number of benzene rings is 2. The lowest BCUT2D eigenvalue weighted by Crippen LogP contribution is -2.60. The number of hydrogen-bond acceptors (Lipinski definition) is 19. The minimum atomic E-state index is -4.32. The molecular formula is C49H77N6O16PSi3. The molecule has 0 saturated carbocycles. The Morgan fingerprint density at radius 1 is 0.800 bits per heavy atom. The molecule has 0 spiro atoms. The van der Waals surface area contributed by atoms with Gasteiger partial charge in [-0.1, -0.05) is 74.5 Å². The van der Waals surface area contributed by atoms with Gasteiger partial charge >= 0.3 is 21.0 Å². The third-order valence-corrected chi connectivity index (χ3v) is 20.7. The molecule has 3 heterocycles. The van der Waals surface area contributed by atoms with E-state index in [1.54, 1.807) is 21.0 Å². The van der Waals surface area contributed by atoms with Crippen molar-refractivity contribution in [1.82, 2.24) is 24.2 Å². The maximum atomic E-state index is 13.7. The van der Waals surface area contributed by atoms with E-state index in [0.717, 1.165) is 11.1 Å². The molecule has 2 aromatic carbocycles. The highest BCUT2D eigenvalue weighted by Gasteiger charge is 2.57. The summed E-state index contributed by atoms with van der Waals surface area (Å²) >= 11 is 0. The van der Waals surface area contributed by atoms with Gasteiger partial charge in [0.1, 0.15) is 37.6 Å². The summed E-state index contributed by atoms with van der Waals surface area (Å²) in [6.45, 7) is 23.7. The quantitative estimate of drug-likeness (QED) is 0.0166. The fourth-order valence-corrected chi connectivity index (χ4v) is 17.8. The number of carbonyl (C=O) groups is 3. The molecule has 26 heteroatoms. The lowest BCUT2D eigenvalue weighted by Gasteiger charge is -2.41. The minimum Gasteiger partial charge on any atom is -0.463 e. The molecule has 5 atom stereocenters. The van der Waals surface area contributed by atoms with Crippen LogP contribution < -0.4 is 10.9 Å². The minimum absolute atomic E-state index is 0.0181. The highest BCUT2D eigenvalue weighted by Crippen LogP contribution is 2.50. The van der Waals surface area contributed by atoms with Gasteiger partial charge in [-0.2, -0.15) is 4.98 Å². The van der Waals surface area contributed by atoms with Crippen LogP contribution in [0.2, 0.25) is 39.3 Å². The summed E-state index contributed by atoms with van der Waals surface area (Å²) in [6.07, 6.45) is -4.12. The Balaban J connectivity index is 1.73. The van der Waals surface area contributed by atoms with Crippen molar-refractivity contribution in [3.8, 4) is 0 Å². The van der Waals surface area contributed by atoms with E-state index in [1.807, 2.05) is 128 Å². The van der Waals surface area contributed by atoms with Crippen LogP contribution in [0.5, 0.6) is 0 Å². The van der Waals surface area contributed by atoms with Gasteiger partial charge < -0.3 is 54.6 Å². The van der Waals surface area contributed by atoms with Gasteiger partial charge in [0.2, 0.25) is 11.9 Å². The van der Waals surface area contributed by atoms with Crippen LogP contribution >= 0.6 is 8.53 Å². The maximum Gasteiger partial charge on any atom is 0.659 e. The van der Waals surface area contributed by atoms with Crippen molar-refractivity contribution >= 4 is 69.2 Å². The summed E-state index contributed by atoms with van der Waals surface area (Å²) < 4.78 is 82.1. The number of imidazole rings is 1. The lowest BCUT2D eigenvalue weighted by atomic mass is 10.0. The van der Waals surface area contributed by atoms with E-state index in [0.29, 0.717) is 0 Å². The first-order valence-corrected chi connectivity index (χ1v) is 34.6. The largest absolute Gasteiger partial charge is 0.659 e. The number of nitrogens with zero attached hydrogens (tertiary/aromatic N) is 4. The molecule has 2 N–H and O–H groups in total. The molecule has 5 rings (SSSR count). The fourth-order valence-electron chi connectivity index (χ4n) is 7.78. The first-order chi connectivity index (χ1) is 35.3. The van der Waals surface area contributed by atoms with E-state index in [-0.39, 0.29) is 62.2 Å². The van der Waals surface area contributed by atoms with Crippen LogP contribution in [0.25, 0.3) is 11.2 Å². The zero-order chi connectivity index (χ0) is 55.3. The number of carbonyl (C=O) groups excluding carboxylic acids is 3. The summed E-state index contributed by atoms with van der Waals surface area (Å²) in [6, 6.07) is 19.4. The highest BCUT2D eigenvalue weighted by atomic mass is 31.2. The van der Waals surface area contributed by atoms with Crippen LogP contribution in [0.1, 0.15) is 78.8 Å². The number of anilines is 1. The lowest BCUT2D eigenvalue weighted by molar-refractivity contribution is -0.320. The van der Waals surface area contributed by atoms with Crippen LogP contribution in [0, 0.1) is 5.92 Å². The number of amides is 1. The third-order valence-electron chi connectivity index (χ3n) is 10.7. The van der Waals surface area contributed by atoms with Crippen LogP contribution in [-0.4, -0.2) is 145 Å². The molecule has 0 radical (unpaired) electrons. The molecule has 0 aliphatic carbocycles. The second-order valence-corrected chi connectivity index (χ2v) is 33.5. The van der Waals surface area contributed by atoms with Gasteiger partial charge in [0.15, 0.2) is 34.0 Å². The van der Waals surface area contributed by atoms with Crippen molar-refractivity contribution in [2.45, 2.75) is 144 Å². The Morgan fingerprint density at radius 3 is 1.80 bits per heavy atom. The first kappa shape index (κ1) is 61.7. The van der Waals surface area contributed by atoms with Crippen LogP contribution in [-0.2, 0) is 68.9 Å². The van der Waals surface area contributed by atoms with Crippen molar-refractivity contribution in [2.24, 2.45) is 5.92 Å². The van der Waals surface area contributed by atoms with E-state index in [1.165, 1.54) is 24.7 Å². The number of fused-ring (bicyclic) bond motifs is 1. The molecule has 0 bridgehead atoms. The Labute approximate surface area is 444 Å². The fraction of sp³-hybridized carbons (Fsp3) is 0.592. The second-order valence-electron chi connectivity index (χ2n) is 20.4. The molecular weight excluding hydrogens is 1040 g/mol. The Hall–Kier alpha value is -4.16. The van der Waals surface area contributed by atoms with E-state index < -0.39 is 101 Å². The number of nitrogens with one attached hydrogen (secondary N) is 2. The molecule has 1 aliphatic heterocycles. The van der Waals surface area contributed by atoms with Gasteiger partial charge in [0, 0.05) is 39.0 Å². The van der Waals surface area contributed by atoms with E-state index in [4.69, 9.17) is 54.6 Å². The standard InChI is InChI=1S/C49H77N6O16PSi3/c1-32(2)45(58)52-48-51-44-40(46(59)53-48)50-31-54(44)47-43(67-49(63-28-26-61-35(7)56)64-29-27-62-36(8)57)42(68-72(60-9)55(33(3)4)34(5)6)39(66-47)30-65-75(70-73(10,11)12,71-74(13,14)15)69-41(37-22-18-16-19-23-37)38-24-20-17-21-25-38/h16-25,31-34,39,41-43,47,49H,26-30H2,1-15H3,(H2,51,52,53,58,59)/t39-,42?,43?,47-,72?/m1/s1. The third kappa shape index (κ3) is 18.5. The Bertz CT molecular complexity index is 2410. The van der Waals surface area contributed by atoms with Crippen LogP contribution in [0.3, 0.4) is 0 Å². The summed E-state index contributed by atoms with van der Waals surface area (Å²) in [5, 5.41) is 2.67. The number of H-pyrrole nitrogens is 1. The van der Waals surface area contributed by atoms with Gasteiger partial charge in [0.05, 0.1) is 26.1 Å². The van der Waals surface area contributed by atoms with Crippen LogP contribution in [0.15, 0.2) is 71.8 Å². The number of esters is 2. The molecule has 22 nitrogen and oxygen atoms in total. The van der Waals surface area contributed by atoms with Crippen molar-refractivity contribution < 1.29 is 68.9 Å². The predicted molar refractivity (Wildman–Crippen MR) is 287 cm³/mol. The number of hydrogen-bond donors (Lipinski definition) is 2. The molecule has 2 aromatic heterocycles. The van der Waals surface area contributed by atoms with Gasteiger partial charge in [0.25, 0.3) is 20.6 Å². The second kappa shape index (κ2) is 27.9.